The van der Waals surface area contributed by atoms with Crippen molar-refractivity contribution in [2.45, 2.75) is 59.2 Å². The molecule has 2 amide bonds. The molecule has 0 bridgehead atoms. The van der Waals surface area contributed by atoms with Crippen molar-refractivity contribution in [3.05, 3.63) is 59.9 Å². The van der Waals surface area contributed by atoms with Crippen molar-refractivity contribution >= 4 is 41.0 Å². The minimum atomic E-state index is -4.46. The van der Waals surface area contributed by atoms with E-state index in [1.807, 2.05) is 19.9 Å². The molecule has 0 unspecified atom stereocenters. The van der Waals surface area contributed by atoms with E-state index in [9.17, 15) is 27.2 Å². The number of imide groups is 1. The molecule has 0 saturated carbocycles. The molecule has 3 rings (SSSR count). The number of halogens is 5. The number of alkyl halides is 3. The van der Waals surface area contributed by atoms with Gasteiger partial charge in [0.15, 0.2) is 0 Å². The Morgan fingerprint density at radius 2 is 1.61 bits per heavy atom. The molecule has 2 aliphatic rings. The van der Waals surface area contributed by atoms with Crippen molar-refractivity contribution in [3.8, 4) is 0 Å². The molecule has 8 nitrogen and oxygen atoms in total. The van der Waals surface area contributed by atoms with Gasteiger partial charge in [0.25, 0.3) is 0 Å². The van der Waals surface area contributed by atoms with Crippen LogP contribution in [0.4, 0.5) is 17.6 Å². The standard InChI is InChI=1S/C22H23ClF4N6O2.C4H8.C2H6/c1-2-18(32-9-7-31(8-10-32)17(28)12-22(25,26)27)30-21(33-19(34)5-6-20(33)35)29-13-14-3-4-16(24)15(23)11-14;1-3-4-2;1-2/h2-4,11,28H,1,5-10,12-13H2;3H,1,4H2,2H3;1-2H3/b28-17?,29-21?,30-18+;;. The van der Waals surface area contributed by atoms with Crippen molar-refractivity contribution in [3.63, 3.8) is 0 Å². The highest BCUT2D eigenvalue weighted by Gasteiger charge is 2.34. The molecule has 0 aliphatic carbocycles. The Morgan fingerprint density at radius 3 is 2.07 bits per heavy atom. The van der Waals surface area contributed by atoms with E-state index in [2.05, 4.69) is 30.1 Å². The summed E-state index contributed by atoms with van der Waals surface area (Å²) in [6.07, 6.45) is -1.39. The number of hydrogen-bond donors (Lipinski definition) is 1. The molecule has 0 radical (unpaired) electrons. The number of allylic oxidation sites excluding steroid dienone is 1. The highest BCUT2D eigenvalue weighted by atomic mass is 35.5. The number of rotatable bonds is 5. The molecule has 1 aromatic carbocycles. The number of amides is 2. The molecular weight excluding hydrogens is 564 g/mol. The zero-order valence-corrected chi connectivity index (χ0v) is 24.4. The zero-order valence-electron chi connectivity index (χ0n) is 23.6. The summed E-state index contributed by atoms with van der Waals surface area (Å²) in [5.41, 5.74) is 0.528. The van der Waals surface area contributed by atoms with Gasteiger partial charge in [-0.1, -0.05) is 51.1 Å². The van der Waals surface area contributed by atoms with Crippen LogP contribution in [0.3, 0.4) is 0 Å². The number of nitrogens with zero attached hydrogens (tertiary/aromatic N) is 5. The molecule has 1 N–H and O–H groups in total. The van der Waals surface area contributed by atoms with Crippen LogP contribution in [0.2, 0.25) is 5.02 Å². The van der Waals surface area contributed by atoms with E-state index in [1.165, 1.54) is 29.2 Å². The summed E-state index contributed by atoms with van der Waals surface area (Å²) < 4.78 is 51.3. The fourth-order valence-electron chi connectivity index (χ4n) is 3.61. The Balaban J connectivity index is 0.00000129. The summed E-state index contributed by atoms with van der Waals surface area (Å²) in [5, 5.41) is 7.60. The Labute approximate surface area is 243 Å². The lowest BCUT2D eigenvalue weighted by atomic mass is 10.2. The van der Waals surface area contributed by atoms with Gasteiger partial charge in [0.2, 0.25) is 17.8 Å². The number of aliphatic imine (C=N–C) groups is 2. The van der Waals surface area contributed by atoms with Gasteiger partial charge in [0.05, 0.1) is 11.6 Å². The van der Waals surface area contributed by atoms with Gasteiger partial charge in [0.1, 0.15) is 23.9 Å². The Kier molecular flexibility index (Phi) is 15.0. The van der Waals surface area contributed by atoms with E-state index in [1.54, 1.807) is 4.90 Å². The van der Waals surface area contributed by atoms with Gasteiger partial charge in [-0.3, -0.25) is 15.0 Å². The smallest absolute Gasteiger partial charge is 0.357 e. The first-order valence-electron chi connectivity index (χ1n) is 13.2. The van der Waals surface area contributed by atoms with E-state index in [0.717, 1.165) is 11.3 Å². The number of benzene rings is 1. The second-order valence-electron chi connectivity index (χ2n) is 8.57. The zero-order chi connectivity index (χ0) is 31.2. The van der Waals surface area contributed by atoms with Crippen LogP contribution in [0.15, 0.2) is 53.5 Å². The maximum Gasteiger partial charge on any atom is 0.396 e. The van der Waals surface area contributed by atoms with E-state index >= 15 is 0 Å². The highest BCUT2D eigenvalue weighted by molar-refractivity contribution is 6.30. The second-order valence-corrected chi connectivity index (χ2v) is 8.98. The van der Waals surface area contributed by atoms with Gasteiger partial charge in [-0.05, 0) is 30.2 Å². The minimum absolute atomic E-state index is 0.0131. The topological polar surface area (TPSA) is 92.4 Å². The van der Waals surface area contributed by atoms with E-state index in [4.69, 9.17) is 17.0 Å². The van der Waals surface area contributed by atoms with Crippen molar-refractivity contribution in [2.75, 3.05) is 26.2 Å². The quantitative estimate of drug-likeness (QED) is 0.143. The second kappa shape index (κ2) is 17.3. The van der Waals surface area contributed by atoms with Crippen LogP contribution in [0, 0.1) is 11.2 Å². The molecule has 0 aromatic heterocycles. The first-order valence-corrected chi connectivity index (χ1v) is 13.6. The SMILES string of the molecule is C=C/C(=N\C(=NCc1ccc(F)c(Cl)c1)N1C(=O)CCC1=O)N1CCN(C(=N)CC(F)(F)F)CC1.C=CCC.CC. The minimum Gasteiger partial charge on any atom is -0.357 e. The molecule has 2 fully saturated rings. The molecule has 41 heavy (non-hydrogen) atoms. The van der Waals surface area contributed by atoms with Crippen molar-refractivity contribution < 1.29 is 27.2 Å². The molecule has 2 heterocycles. The summed E-state index contributed by atoms with van der Waals surface area (Å²) in [4.78, 5) is 37.3. The average Bonchev–Trinajstić information content (AvgIpc) is 3.28. The third-order valence-electron chi connectivity index (χ3n) is 5.68. The molecule has 13 heteroatoms. The lowest BCUT2D eigenvalue weighted by Crippen LogP contribution is -2.51. The Hall–Kier alpha value is -3.54. The number of amidine groups is 2. The number of likely N-dealkylation sites (tertiary alicyclic amines) is 1. The van der Waals surface area contributed by atoms with Crippen LogP contribution in [0.25, 0.3) is 0 Å². The maximum atomic E-state index is 13.5. The van der Waals surface area contributed by atoms with Gasteiger partial charge >= 0.3 is 6.18 Å². The molecule has 1 aromatic rings. The molecule has 0 atom stereocenters. The van der Waals surface area contributed by atoms with Gasteiger partial charge in [0, 0.05) is 39.0 Å². The fourth-order valence-corrected chi connectivity index (χ4v) is 3.81. The van der Waals surface area contributed by atoms with E-state index < -0.39 is 36.1 Å². The summed E-state index contributed by atoms with van der Waals surface area (Å²) in [7, 11) is 0. The number of guanidine groups is 1. The largest absolute Gasteiger partial charge is 0.396 e. The fraction of sp³-hybridized carbons (Fsp3) is 0.464. The third kappa shape index (κ3) is 11.5. The van der Waals surface area contributed by atoms with Gasteiger partial charge in [-0.2, -0.15) is 18.2 Å². The van der Waals surface area contributed by atoms with Crippen LogP contribution < -0.4 is 0 Å². The van der Waals surface area contributed by atoms with Gasteiger partial charge in [-0.15, -0.1) is 6.58 Å². The monoisotopic (exact) mass is 600 g/mol. The normalized spacial score (nSPS) is 16.0. The molecule has 2 saturated heterocycles. The lowest BCUT2D eigenvalue weighted by Gasteiger charge is -2.37. The van der Waals surface area contributed by atoms with E-state index in [-0.39, 0.29) is 62.4 Å². The van der Waals surface area contributed by atoms with Crippen molar-refractivity contribution in [1.82, 2.24) is 14.7 Å². The van der Waals surface area contributed by atoms with Gasteiger partial charge in [-0.25, -0.2) is 14.3 Å². The van der Waals surface area contributed by atoms with Crippen LogP contribution in [0.1, 0.15) is 52.0 Å². The first-order chi connectivity index (χ1) is 19.4. The number of nitrogens with one attached hydrogen (secondary N) is 1. The van der Waals surface area contributed by atoms with E-state index in [0.29, 0.717) is 5.56 Å². The Morgan fingerprint density at radius 1 is 1.07 bits per heavy atom. The molecule has 226 valence electrons. The first kappa shape index (κ1) is 35.5. The lowest BCUT2D eigenvalue weighted by molar-refractivity contribution is -0.133. The predicted octanol–water partition coefficient (Wildman–Crippen LogP) is 6.22. The van der Waals surface area contributed by atoms with Crippen LogP contribution in [-0.4, -0.2) is 76.5 Å². The summed E-state index contributed by atoms with van der Waals surface area (Å²) in [6, 6.07) is 4.01. The maximum absolute atomic E-state index is 13.5. The van der Waals surface area contributed by atoms with Crippen LogP contribution in [-0.2, 0) is 16.1 Å². The van der Waals surface area contributed by atoms with Crippen molar-refractivity contribution in [1.29, 1.82) is 5.41 Å². The van der Waals surface area contributed by atoms with Crippen LogP contribution >= 0.6 is 11.6 Å². The third-order valence-corrected chi connectivity index (χ3v) is 5.97. The number of hydrogen-bond acceptors (Lipinski definition) is 4. The number of carbonyl (C=O) groups is 2. The summed E-state index contributed by atoms with van der Waals surface area (Å²) in [5.74, 6) is -1.94. The number of piperazine rings is 1. The molecule has 0 spiro atoms. The average molecular weight is 601 g/mol. The van der Waals surface area contributed by atoms with Crippen LogP contribution in [0.5, 0.6) is 0 Å². The summed E-state index contributed by atoms with van der Waals surface area (Å²) >= 11 is 5.81. The Bertz CT molecular complexity index is 1130. The summed E-state index contributed by atoms with van der Waals surface area (Å²) in [6.45, 7) is 14.0. The predicted molar refractivity (Wildman–Crippen MR) is 155 cm³/mol. The number of carbonyl (C=O) groups excluding carboxylic acids is 2. The van der Waals surface area contributed by atoms with Gasteiger partial charge < -0.3 is 9.80 Å². The highest BCUT2D eigenvalue weighted by Crippen LogP contribution is 2.22. The molecular formula is C28H37ClF4N6O2. The molecule has 2 aliphatic heterocycles. The van der Waals surface area contributed by atoms with Crippen molar-refractivity contribution in [2.24, 2.45) is 9.98 Å².